The van der Waals surface area contributed by atoms with Crippen molar-refractivity contribution in [1.82, 2.24) is 9.97 Å². The molecule has 2 aromatic carbocycles. The fraction of sp³-hybridized carbons (Fsp3) is 0.238. The molecule has 3 aromatic rings. The third kappa shape index (κ3) is 6.05. The van der Waals surface area contributed by atoms with Crippen LogP contribution in [0, 0.1) is 0 Å². The molecule has 0 saturated heterocycles. The van der Waals surface area contributed by atoms with E-state index in [0.29, 0.717) is 5.95 Å². The Kier molecular flexibility index (Phi) is 6.85. The molecule has 2 N–H and O–H groups in total. The highest BCUT2D eigenvalue weighted by molar-refractivity contribution is 6.30. The Labute approximate surface area is 159 Å². The van der Waals surface area contributed by atoms with Gasteiger partial charge < -0.3 is 10.6 Å². The van der Waals surface area contributed by atoms with Crippen LogP contribution in [-0.2, 0) is 12.8 Å². The number of anilines is 2. The molecule has 0 aliphatic rings. The minimum atomic E-state index is 0.645. The van der Waals surface area contributed by atoms with Gasteiger partial charge in [-0.05, 0) is 48.6 Å². The summed E-state index contributed by atoms with van der Waals surface area (Å²) in [5, 5.41) is 7.39. The number of rotatable bonds is 9. The Hall–Kier alpha value is -2.59. The number of aromatic nitrogens is 2. The molecule has 0 unspecified atom stereocenters. The Morgan fingerprint density at radius 2 is 1.54 bits per heavy atom. The van der Waals surface area contributed by atoms with Crippen molar-refractivity contribution >= 4 is 23.4 Å². The Morgan fingerprint density at radius 1 is 0.769 bits per heavy atom. The van der Waals surface area contributed by atoms with Gasteiger partial charge in [0.15, 0.2) is 0 Å². The minimum absolute atomic E-state index is 0.645. The van der Waals surface area contributed by atoms with E-state index in [1.54, 1.807) is 6.20 Å². The van der Waals surface area contributed by atoms with Gasteiger partial charge in [0.2, 0.25) is 5.95 Å². The molecule has 0 aliphatic heterocycles. The van der Waals surface area contributed by atoms with Crippen molar-refractivity contribution in [3.05, 3.63) is 83.0 Å². The van der Waals surface area contributed by atoms with Crippen LogP contribution in [-0.4, -0.2) is 23.1 Å². The molecule has 0 spiro atoms. The number of aryl methyl sites for hydroxylation is 1. The van der Waals surface area contributed by atoms with E-state index < -0.39 is 0 Å². The number of hydrogen-bond acceptors (Lipinski definition) is 4. The van der Waals surface area contributed by atoms with Crippen molar-refractivity contribution in [1.29, 1.82) is 0 Å². The Morgan fingerprint density at radius 3 is 2.35 bits per heavy atom. The second kappa shape index (κ2) is 9.78. The quantitative estimate of drug-likeness (QED) is 0.532. The first-order valence-corrected chi connectivity index (χ1v) is 9.26. The molecule has 3 rings (SSSR count). The zero-order valence-electron chi connectivity index (χ0n) is 14.7. The van der Waals surface area contributed by atoms with Gasteiger partial charge in [0.05, 0.1) is 0 Å². The smallest absolute Gasteiger partial charge is 0.224 e. The van der Waals surface area contributed by atoms with E-state index in [4.69, 9.17) is 11.6 Å². The van der Waals surface area contributed by atoms with Crippen LogP contribution in [0.4, 0.5) is 11.8 Å². The van der Waals surface area contributed by atoms with Crippen LogP contribution in [0.15, 0.2) is 66.9 Å². The van der Waals surface area contributed by atoms with Crippen molar-refractivity contribution in [2.75, 3.05) is 23.7 Å². The fourth-order valence-corrected chi connectivity index (χ4v) is 2.79. The number of nitrogens with zero attached hydrogens (tertiary/aromatic N) is 2. The van der Waals surface area contributed by atoms with Gasteiger partial charge in [-0.2, -0.15) is 4.98 Å². The van der Waals surface area contributed by atoms with Crippen LogP contribution in [0.5, 0.6) is 0 Å². The van der Waals surface area contributed by atoms with E-state index >= 15 is 0 Å². The monoisotopic (exact) mass is 366 g/mol. The van der Waals surface area contributed by atoms with Crippen LogP contribution in [0.2, 0.25) is 5.02 Å². The molecular formula is C21H23ClN4. The summed E-state index contributed by atoms with van der Waals surface area (Å²) in [6, 6.07) is 20.3. The standard InChI is InChI=1S/C21H23ClN4/c22-19-10-8-18(9-11-19)12-15-24-21-25-16-13-20(26-21)23-14-4-7-17-5-2-1-3-6-17/h1-3,5-6,8-11,13,16H,4,7,12,14-15H2,(H2,23,24,25,26). The minimum Gasteiger partial charge on any atom is -0.370 e. The molecule has 0 saturated carbocycles. The average Bonchev–Trinajstić information content (AvgIpc) is 2.68. The predicted octanol–water partition coefficient (Wildman–Crippen LogP) is 4.83. The molecular weight excluding hydrogens is 344 g/mol. The summed E-state index contributed by atoms with van der Waals surface area (Å²) < 4.78 is 0. The molecule has 0 amide bonds. The summed E-state index contributed by atoms with van der Waals surface area (Å²) in [5.74, 6) is 1.49. The number of halogens is 1. The molecule has 26 heavy (non-hydrogen) atoms. The molecule has 4 nitrogen and oxygen atoms in total. The summed E-state index contributed by atoms with van der Waals surface area (Å²) in [6.07, 6.45) is 4.80. The van der Waals surface area contributed by atoms with Crippen LogP contribution < -0.4 is 10.6 Å². The van der Waals surface area contributed by atoms with Gasteiger partial charge in [-0.25, -0.2) is 4.98 Å². The average molecular weight is 367 g/mol. The van der Waals surface area contributed by atoms with Crippen LogP contribution in [0.25, 0.3) is 0 Å². The van der Waals surface area contributed by atoms with Crippen LogP contribution in [0.1, 0.15) is 17.5 Å². The van der Waals surface area contributed by atoms with Crippen molar-refractivity contribution in [2.24, 2.45) is 0 Å². The topological polar surface area (TPSA) is 49.8 Å². The number of hydrogen-bond donors (Lipinski definition) is 2. The van der Waals surface area contributed by atoms with Gasteiger partial charge in [-0.15, -0.1) is 0 Å². The molecule has 0 atom stereocenters. The van der Waals surface area contributed by atoms with Crippen molar-refractivity contribution in [3.8, 4) is 0 Å². The van der Waals surface area contributed by atoms with Crippen molar-refractivity contribution in [3.63, 3.8) is 0 Å². The maximum Gasteiger partial charge on any atom is 0.224 e. The van der Waals surface area contributed by atoms with E-state index in [0.717, 1.165) is 43.2 Å². The van der Waals surface area contributed by atoms with E-state index in [2.05, 4.69) is 44.9 Å². The van der Waals surface area contributed by atoms with Gasteiger partial charge in [0.25, 0.3) is 0 Å². The van der Waals surface area contributed by atoms with Gasteiger partial charge >= 0.3 is 0 Å². The third-order valence-electron chi connectivity index (χ3n) is 4.06. The second-order valence-corrected chi connectivity index (χ2v) is 6.52. The molecule has 134 valence electrons. The number of benzene rings is 2. The summed E-state index contributed by atoms with van der Waals surface area (Å²) >= 11 is 5.90. The Bertz CT molecular complexity index is 791. The third-order valence-corrected chi connectivity index (χ3v) is 4.31. The molecule has 0 bridgehead atoms. The molecule has 5 heteroatoms. The van der Waals surface area contributed by atoms with E-state index in [9.17, 15) is 0 Å². The largest absolute Gasteiger partial charge is 0.370 e. The van der Waals surface area contributed by atoms with Gasteiger partial charge in [-0.3, -0.25) is 0 Å². The van der Waals surface area contributed by atoms with E-state index in [-0.39, 0.29) is 0 Å². The molecule has 0 radical (unpaired) electrons. The predicted molar refractivity (Wildman–Crippen MR) is 109 cm³/mol. The fourth-order valence-electron chi connectivity index (χ4n) is 2.67. The second-order valence-electron chi connectivity index (χ2n) is 6.08. The van der Waals surface area contributed by atoms with Gasteiger partial charge in [0.1, 0.15) is 5.82 Å². The summed E-state index contributed by atoms with van der Waals surface area (Å²) in [7, 11) is 0. The molecule has 0 fully saturated rings. The maximum atomic E-state index is 5.90. The first-order valence-electron chi connectivity index (χ1n) is 8.89. The normalized spacial score (nSPS) is 10.5. The lowest BCUT2D eigenvalue weighted by Gasteiger charge is -2.08. The highest BCUT2D eigenvalue weighted by atomic mass is 35.5. The maximum absolute atomic E-state index is 5.90. The lowest BCUT2D eigenvalue weighted by atomic mass is 10.1. The highest BCUT2D eigenvalue weighted by Gasteiger charge is 2.00. The zero-order chi connectivity index (χ0) is 18.0. The summed E-state index contributed by atoms with van der Waals surface area (Å²) in [5.41, 5.74) is 2.60. The molecule has 1 heterocycles. The summed E-state index contributed by atoms with van der Waals surface area (Å²) in [4.78, 5) is 8.79. The lowest BCUT2D eigenvalue weighted by molar-refractivity contribution is 0.857. The Balaban J connectivity index is 1.40. The van der Waals surface area contributed by atoms with Crippen molar-refractivity contribution < 1.29 is 0 Å². The molecule has 0 aliphatic carbocycles. The van der Waals surface area contributed by atoms with Gasteiger partial charge in [0, 0.05) is 24.3 Å². The summed E-state index contributed by atoms with van der Waals surface area (Å²) in [6.45, 7) is 1.66. The number of nitrogens with one attached hydrogen (secondary N) is 2. The van der Waals surface area contributed by atoms with E-state index in [1.807, 2.05) is 36.4 Å². The van der Waals surface area contributed by atoms with Crippen LogP contribution in [0.3, 0.4) is 0 Å². The van der Waals surface area contributed by atoms with Crippen molar-refractivity contribution in [2.45, 2.75) is 19.3 Å². The van der Waals surface area contributed by atoms with E-state index in [1.165, 1.54) is 11.1 Å². The molecule has 1 aromatic heterocycles. The first-order chi connectivity index (χ1) is 12.8. The lowest BCUT2D eigenvalue weighted by Crippen LogP contribution is -2.10. The highest BCUT2D eigenvalue weighted by Crippen LogP contribution is 2.11. The van der Waals surface area contributed by atoms with Crippen LogP contribution >= 0.6 is 11.6 Å². The van der Waals surface area contributed by atoms with Gasteiger partial charge in [-0.1, -0.05) is 54.1 Å². The SMILES string of the molecule is Clc1ccc(CCNc2nccc(NCCCc3ccccc3)n2)cc1. The first kappa shape index (κ1) is 18.2. The zero-order valence-corrected chi connectivity index (χ0v) is 15.4.